The molecule has 1 aliphatic rings. The van der Waals surface area contributed by atoms with Crippen LogP contribution in [0.25, 0.3) is 0 Å². The molecule has 0 amide bonds. The van der Waals surface area contributed by atoms with Gasteiger partial charge in [0.1, 0.15) is 0 Å². The van der Waals surface area contributed by atoms with Gasteiger partial charge in [0.2, 0.25) is 10.0 Å². The van der Waals surface area contributed by atoms with Crippen molar-refractivity contribution in [2.75, 3.05) is 18.9 Å². The summed E-state index contributed by atoms with van der Waals surface area (Å²) in [5, 5.41) is 8.61. The van der Waals surface area contributed by atoms with E-state index in [0.29, 0.717) is 25.3 Å². The van der Waals surface area contributed by atoms with Gasteiger partial charge in [-0.05, 0) is 29.6 Å². The van der Waals surface area contributed by atoms with Crippen molar-refractivity contribution >= 4 is 10.0 Å². The second-order valence-electron chi connectivity index (χ2n) is 6.09. The van der Waals surface area contributed by atoms with Crippen LogP contribution in [0.15, 0.2) is 0 Å². The molecular weight excluding hydrogens is 238 g/mol. The van der Waals surface area contributed by atoms with Crippen LogP contribution in [0.5, 0.6) is 0 Å². The van der Waals surface area contributed by atoms with Crippen LogP contribution in [0.3, 0.4) is 0 Å². The van der Waals surface area contributed by atoms with Crippen molar-refractivity contribution in [1.82, 2.24) is 4.72 Å². The number of aliphatic hydroxyl groups excluding tert-OH is 1. The van der Waals surface area contributed by atoms with Gasteiger partial charge in [-0.3, -0.25) is 0 Å². The van der Waals surface area contributed by atoms with Crippen LogP contribution >= 0.6 is 0 Å². The number of hydrogen-bond donors (Lipinski definition) is 2. The molecule has 0 spiro atoms. The minimum absolute atomic E-state index is 0.0538. The van der Waals surface area contributed by atoms with Gasteiger partial charge in [0.15, 0.2) is 0 Å². The highest BCUT2D eigenvalue weighted by Gasteiger charge is 2.64. The lowest BCUT2D eigenvalue weighted by atomic mass is 10.0. The highest BCUT2D eigenvalue weighted by molar-refractivity contribution is 7.89. The Morgan fingerprint density at radius 3 is 2.06 bits per heavy atom. The second-order valence-corrected chi connectivity index (χ2v) is 8.02. The fraction of sp³-hybridized carbons (Fsp3) is 1.00. The molecule has 1 aliphatic carbocycles. The molecule has 0 bridgehead atoms. The standard InChI is InChI=1S/C12H25NO3S/c1-11(2)10(12(11,3)4)9-13-17(15,16)8-6-5-7-14/h10,13-14H,5-9H2,1-4H3. The van der Waals surface area contributed by atoms with Crippen LogP contribution in [0.1, 0.15) is 40.5 Å². The van der Waals surface area contributed by atoms with Crippen molar-refractivity contribution in [3.05, 3.63) is 0 Å². The van der Waals surface area contributed by atoms with Gasteiger partial charge in [0.05, 0.1) is 5.75 Å². The summed E-state index contributed by atoms with van der Waals surface area (Å²) < 4.78 is 26.0. The fourth-order valence-electron chi connectivity index (χ4n) is 2.53. The van der Waals surface area contributed by atoms with Gasteiger partial charge in [-0.2, -0.15) is 0 Å². The molecule has 0 aromatic rings. The van der Waals surface area contributed by atoms with E-state index in [0.717, 1.165) is 0 Å². The van der Waals surface area contributed by atoms with Gasteiger partial charge >= 0.3 is 0 Å². The SMILES string of the molecule is CC1(C)C(CNS(=O)(=O)CCCCO)C1(C)C. The lowest BCUT2D eigenvalue weighted by molar-refractivity contribution is 0.287. The van der Waals surface area contributed by atoms with Gasteiger partial charge in [0.25, 0.3) is 0 Å². The van der Waals surface area contributed by atoms with Gasteiger partial charge < -0.3 is 5.11 Å². The molecule has 0 saturated heterocycles. The quantitative estimate of drug-likeness (QED) is 0.682. The summed E-state index contributed by atoms with van der Waals surface area (Å²) in [7, 11) is -3.17. The monoisotopic (exact) mass is 263 g/mol. The summed E-state index contributed by atoms with van der Waals surface area (Å²) in [5.74, 6) is 0.517. The Morgan fingerprint density at radius 2 is 1.65 bits per heavy atom. The zero-order valence-electron chi connectivity index (χ0n) is 11.3. The maximum atomic E-state index is 11.7. The average molecular weight is 263 g/mol. The zero-order valence-corrected chi connectivity index (χ0v) is 12.1. The van der Waals surface area contributed by atoms with E-state index in [1.54, 1.807) is 0 Å². The number of hydrogen-bond acceptors (Lipinski definition) is 3. The van der Waals surface area contributed by atoms with Gasteiger partial charge in [-0.15, -0.1) is 0 Å². The molecule has 0 heterocycles. The topological polar surface area (TPSA) is 66.4 Å². The fourth-order valence-corrected chi connectivity index (χ4v) is 3.68. The van der Waals surface area contributed by atoms with E-state index in [1.165, 1.54) is 0 Å². The van der Waals surface area contributed by atoms with Crippen molar-refractivity contribution in [1.29, 1.82) is 0 Å². The third kappa shape index (κ3) is 3.20. The molecule has 5 heteroatoms. The van der Waals surface area contributed by atoms with Crippen LogP contribution in [-0.4, -0.2) is 32.4 Å². The molecule has 17 heavy (non-hydrogen) atoms. The molecule has 0 aromatic carbocycles. The van der Waals surface area contributed by atoms with Crippen molar-refractivity contribution < 1.29 is 13.5 Å². The number of rotatable bonds is 7. The maximum absolute atomic E-state index is 11.7. The second kappa shape index (κ2) is 4.86. The van der Waals surface area contributed by atoms with E-state index < -0.39 is 10.0 Å². The Labute approximate surface area is 105 Å². The average Bonchev–Trinajstić information content (AvgIpc) is 2.55. The zero-order chi connectivity index (χ0) is 13.3. The molecule has 102 valence electrons. The van der Waals surface area contributed by atoms with E-state index in [4.69, 9.17) is 5.11 Å². The Morgan fingerprint density at radius 1 is 1.12 bits per heavy atom. The van der Waals surface area contributed by atoms with Crippen molar-refractivity contribution in [2.24, 2.45) is 16.7 Å². The molecule has 1 fully saturated rings. The van der Waals surface area contributed by atoms with E-state index in [1.807, 2.05) is 0 Å². The molecule has 0 atom stereocenters. The summed E-state index contributed by atoms with van der Waals surface area (Å²) in [4.78, 5) is 0. The molecule has 0 aromatic heterocycles. The number of aliphatic hydroxyl groups is 1. The normalized spacial score (nSPS) is 22.6. The van der Waals surface area contributed by atoms with Crippen LogP contribution in [0.2, 0.25) is 0 Å². The van der Waals surface area contributed by atoms with Crippen LogP contribution < -0.4 is 4.72 Å². The Hall–Kier alpha value is -0.130. The summed E-state index contributed by atoms with van der Waals surface area (Å²) >= 11 is 0. The first-order valence-electron chi connectivity index (χ1n) is 6.23. The lowest BCUT2D eigenvalue weighted by Gasteiger charge is -2.07. The first kappa shape index (κ1) is 14.9. The molecule has 1 saturated carbocycles. The first-order valence-corrected chi connectivity index (χ1v) is 7.88. The molecule has 1 rings (SSSR count). The molecular formula is C12H25NO3S. The minimum Gasteiger partial charge on any atom is -0.396 e. The minimum atomic E-state index is -3.17. The summed E-state index contributed by atoms with van der Waals surface area (Å²) in [6, 6.07) is 0. The Balaban J connectivity index is 2.37. The van der Waals surface area contributed by atoms with Gasteiger partial charge in [-0.1, -0.05) is 27.7 Å². The Bertz CT molecular complexity index is 346. The predicted molar refractivity (Wildman–Crippen MR) is 69.2 cm³/mol. The van der Waals surface area contributed by atoms with Crippen LogP contribution in [0.4, 0.5) is 0 Å². The smallest absolute Gasteiger partial charge is 0.211 e. The van der Waals surface area contributed by atoms with Crippen molar-refractivity contribution in [3.63, 3.8) is 0 Å². The Kier molecular flexibility index (Phi) is 4.27. The van der Waals surface area contributed by atoms with Crippen LogP contribution in [0, 0.1) is 16.7 Å². The van der Waals surface area contributed by atoms with E-state index in [-0.39, 0.29) is 23.2 Å². The molecule has 0 aliphatic heterocycles. The molecule has 2 N–H and O–H groups in total. The van der Waals surface area contributed by atoms with E-state index in [9.17, 15) is 8.42 Å². The van der Waals surface area contributed by atoms with Crippen LogP contribution in [-0.2, 0) is 10.0 Å². The maximum Gasteiger partial charge on any atom is 0.211 e. The summed E-state index contributed by atoms with van der Waals surface area (Å²) in [5.41, 5.74) is 0.418. The van der Waals surface area contributed by atoms with Crippen molar-refractivity contribution in [2.45, 2.75) is 40.5 Å². The highest BCUT2D eigenvalue weighted by atomic mass is 32.2. The van der Waals surface area contributed by atoms with Gasteiger partial charge in [-0.25, -0.2) is 13.1 Å². The molecule has 4 nitrogen and oxygen atoms in total. The third-order valence-electron chi connectivity index (χ3n) is 4.65. The number of sulfonamides is 1. The predicted octanol–water partition coefficient (Wildman–Crippen LogP) is 1.36. The molecule has 0 radical (unpaired) electrons. The first-order chi connectivity index (χ1) is 7.65. The van der Waals surface area contributed by atoms with E-state index >= 15 is 0 Å². The third-order valence-corrected chi connectivity index (χ3v) is 6.08. The number of unbranched alkanes of at least 4 members (excludes halogenated alkanes) is 1. The lowest BCUT2D eigenvalue weighted by Crippen LogP contribution is -2.29. The molecule has 0 unspecified atom stereocenters. The van der Waals surface area contributed by atoms with E-state index in [2.05, 4.69) is 32.4 Å². The van der Waals surface area contributed by atoms with Gasteiger partial charge in [0, 0.05) is 13.2 Å². The summed E-state index contributed by atoms with van der Waals surface area (Å²) in [6.07, 6.45) is 1.06. The number of nitrogens with one attached hydrogen (secondary N) is 1. The van der Waals surface area contributed by atoms with Crippen molar-refractivity contribution in [3.8, 4) is 0 Å². The highest BCUT2D eigenvalue weighted by Crippen LogP contribution is 2.67. The summed E-state index contributed by atoms with van der Waals surface area (Å²) in [6.45, 7) is 9.30. The largest absolute Gasteiger partial charge is 0.396 e.